The van der Waals surface area contributed by atoms with Crippen molar-refractivity contribution in [1.29, 1.82) is 0 Å². The quantitative estimate of drug-likeness (QED) is 0.821. The first kappa shape index (κ1) is 19.6. The summed E-state index contributed by atoms with van der Waals surface area (Å²) < 4.78 is 5.32. The molecule has 1 amide bonds. The first-order valence-electron chi connectivity index (χ1n) is 9.11. The lowest BCUT2D eigenvalue weighted by Gasteiger charge is -2.27. The van der Waals surface area contributed by atoms with Crippen LogP contribution in [0.15, 0.2) is 4.79 Å². The number of ether oxygens (including phenoxy) is 1. The standard InChI is InChI=1S/C18H30N4O3/c1-6-13(19-15(23)12-9-7-11(2)8-10-12)14-16(24)20-17(22-21-14)18(3,4)25-5/h11-13H,6-10H2,1-5H3,(H,19,23)(H,20,22,24). The Kier molecular flexibility index (Phi) is 6.32. The highest BCUT2D eigenvalue weighted by Crippen LogP contribution is 2.29. The topological polar surface area (TPSA) is 97.0 Å². The Morgan fingerprint density at radius 2 is 1.96 bits per heavy atom. The molecule has 1 fully saturated rings. The minimum absolute atomic E-state index is 0.0150. The van der Waals surface area contributed by atoms with Gasteiger partial charge in [-0.15, -0.1) is 10.2 Å². The average Bonchev–Trinajstić information content (AvgIpc) is 2.60. The molecule has 1 aromatic heterocycles. The van der Waals surface area contributed by atoms with Crippen molar-refractivity contribution in [1.82, 2.24) is 20.5 Å². The summed E-state index contributed by atoms with van der Waals surface area (Å²) in [5.41, 5.74) is -0.815. The summed E-state index contributed by atoms with van der Waals surface area (Å²) in [4.78, 5) is 27.7. The van der Waals surface area contributed by atoms with E-state index in [1.807, 2.05) is 6.92 Å². The third-order valence-corrected chi connectivity index (χ3v) is 5.24. The van der Waals surface area contributed by atoms with E-state index in [0.717, 1.165) is 25.7 Å². The van der Waals surface area contributed by atoms with Crippen molar-refractivity contribution in [3.8, 4) is 0 Å². The van der Waals surface area contributed by atoms with Gasteiger partial charge >= 0.3 is 0 Å². The molecule has 1 aliphatic carbocycles. The zero-order valence-electron chi connectivity index (χ0n) is 15.9. The molecule has 1 unspecified atom stereocenters. The van der Waals surface area contributed by atoms with E-state index >= 15 is 0 Å². The second-order valence-electron chi connectivity index (χ2n) is 7.53. The number of carbonyl (C=O) groups excluding carboxylic acids is 1. The Bertz CT molecular complexity index is 648. The summed E-state index contributed by atoms with van der Waals surface area (Å²) in [6.45, 7) is 7.74. The number of rotatable bonds is 6. The molecule has 2 rings (SSSR count). The van der Waals surface area contributed by atoms with Gasteiger partial charge in [-0.1, -0.05) is 13.8 Å². The number of H-pyrrole nitrogens is 1. The first-order chi connectivity index (χ1) is 11.8. The fourth-order valence-corrected chi connectivity index (χ4v) is 3.12. The Hall–Kier alpha value is -1.76. The number of aromatic amines is 1. The van der Waals surface area contributed by atoms with Gasteiger partial charge in [-0.2, -0.15) is 0 Å². The molecule has 0 aromatic carbocycles. The Morgan fingerprint density at radius 1 is 1.32 bits per heavy atom. The average molecular weight is 350 g/mol. The van der Waals surface area contributed by atoms with Crippen LogP contribution in [0.2, 0.25) is 0 Å². The number of amides is 1. The van der Waals surface area contributed by atoms with E-state index in [1.54, 1.807) is 21.0 Å². The molecule has 0 spiro atoms. The van der Waals surface area contributed by atoms with Crippen LogP contribution >= 0.6 is 0 Å². The Balaban J connectivity index is 2.12. The van der Waals surface area contributed by atoms with Crippen molar-refractivity contribution in [3.05, 3.63) is 21.9 Å². The first-order valence-corrected chi connectivity index (χ1v) is 9.11. The maximum Gasteiger partial charge on any atom is 0.275 e. The maximum atomic E-state index is 12.5. The molecule has 1 saturated carbocycles. The number of nitrogens with one attached hydrogen (secondary N) is 2. The monoisotopic (exact) mass is 350 g/mol. The molecule has 1 heterocycles. The van der Waals surface area contributed by atoms with Gasteiger partial charge in [-0.3, -0.25) is 9.59 Å². The third-order valence-electron chi connectivity index (χ3n) is 5.24. The summed E-state index contributed by atoms with van der Waals surface area (Å²) in [5, 5.41) is 11.2. The normalized spacial score (nSPS) is 22.4. The molecule has 7 nitrogen and oxygen atoms in total. The van der Waals surface area contributed by atoms with Crippen molar-refractivity contribution in [2.75, 3.05) is 7.11 Å². The van der Waals surface area contributed by atoms with E-state index in [1.165, 1.54) is 0 Å². The second-order valence-corrected chi connectivity index (χ2v) is 7.53. The minimum atomic E-state index is -0.728. The van der Waals surface area contributed by atoms with Crippen molar-refractivity contribution in [2.45, 2.75) is 71.4 Å². The number of carbonyl (C=O) groups is 1. The number of hydrogen-bond acceptors (Lipinski definition) is 5. The molecule has 2 N–H and O–H groups in total. The summed E-state index contributed by atoms with van der Waals surface area (Å²) in [7, 11) is 1.55. The van der Waals surface area contributed by atoms with Crippen molar-refractivity contribution in [2.24, 2.45) is 11.8 Å². The van der Waals surface area contributed by atoms with Gasteiger partial charge in [0.25, 0.3) is 5.56 Å². The second kappa shape index (κ2) is 8.08. The molecule has 140 valence electrons. The molecule has 0 radical (unpaired) electrons. The smallest absolute Gasteiger partial charge is 0.275 e. The molecule has 1 aliphatic rings. The molecular weight excluding hydrogens is 320 g/mol. The van der Waals surface area contributed by atoms with E-state index in [9.17, 15) is 9.59 Å². The van der Waals surface area contributed by atoms with Crippen LogP contribution < -0.4 is 10.9 Å². The molecule has 1 atom stereocenters. The van der Waals surface area contributed by atoms with Gasteiger partial charge in [0.15, 0.2) is 11.5 Å². The Morgan fingerprint density at radius 3 is 2.48 bits per heavy atom. The van der Waals surface area contributed by atoms with Crippen LogP contribution in [-0.2, 0) is 15.1 Å². The number of methoxy groups -OCH3 is 1. The van der Waals surface area contributed by atoms with Crippen LogP contribution in [0.4, 0.5) is 0 Å². The van der Waals surface area contributed by atoms with Gasteiger partial charge in [0.1, 0.15) is 5.60 Å². The van der Waals surface area contributed by atoms with Crippen molar-refractivity contribution < 1.29 is 9.53 Å². The minimum Gasteiger partial charge on any atom is -0.371 e. The molecule has 25 heavy (non-hydrogen) atoms. The van der Waals surface area contributed by atoms with E-state index in [-0.39, 0.29) is 23.1 Å². The zero-order chi connectivity index (χ0) is 18.6. The molecule has 0 bridgehead atoms. The van der Waals surface area contributed by atoms with Gasteiger partial charge in [0, 0.05) is 13.0 Å². The highest BCUT2D eigenvalue weighted by molar-refractivity contribution is 5.79. The fraction of sp³-hybridized carbons (Fsp3) is 0.778. The predicted octanol–water partition coefficient (Wildman–Crippen LogP) is 2.44. The van der Waals surface area contributed by atoms with Gasteiger partial charge in [-0.25, -0.2) is 0 Å². The van der Waals surface area contributed by atoms with Gasteiger partial charge in [0.2, 0.25) is 5.91 Å². The van der Waals surface area contributed by atoms with Gasteiger partial charge in [0.05, 0.1) is 6.04 Å². The van der Waals surface area contributed by atoms with Crippen molar-refractivity contribution >= 4 is 5.91 Å². The third kappa shape index (κ3) is 4.66. The summed E-state index contributed by atoms with van der Waals surface area (Å²) in [6, 6.07) is -0.428. The molecule has 0 saturated heterocycles. The van der Waals surface area contributed by atoms with Crippen LogP contribution in [0.5, 0.6) is 0 Å². The Labute approximate surface area is 149 Å². The molecule has 1 aromatic rings. The number of aromatic nitrogens is 3. The predicted molar refractivity (Wildman–Crippen MR) is 95.0 cm³/mol. The SMILES string of the molecule is CCC(NC(=O)C1CCC(C)CC1)c1nnc(C(C)(C)OC)[nH]c1=O. The van der Waals surface area contributed by atoms with Crippen LogP contribution in [0, 0.1) is 11.8 Å². The highest BCUT2D eigenvalue weighted by atomic mass is 16.5. The largest absolute Gasteiger partial charge is 0.371 e. The van der Waals surface area contributed by atoms with E-state index in [0.29, 0.717) is 18.2 Å². The fourth-order valence-electron chi connectivity index (χ4n) is 3.12. The summed E-state index contributed by atoms with van der Waals surface area (Å²) >= 11 is 0. The maximum absolute atomic E-state index is 12.5. The van der Waals surface area contributed by atoms with Crippen LogP contribution in [0.25, 0.3) is 0 Å². The van der Waals surface area contributed by atoms with Gasteiger partial charge in [-0.05, 0) is 51.9 Å². The van der Waals surface area contributed by atoms with Crippen LogP contribution in [0.3, 0.4) is 0 Å². The van der Waals surface area contributed by atoms with Crippen LogP contribution in [0.1, 0.15) is 77.4 Å². The molecule has 7 heteroatoms. The van der Waals surface area contributed by atoms with Crippen LogP contribution in [-0.4, -0.2) is 28.2 Å². The number of nitrogens with zero attached hydrogens (tertiary/aromatic N) is 2. The lowest BCUT2D eigenvalue weighted by Crippen LogP contribution is -2.39. The molecule has 0 aliphatic heterocycles. The molecular formula is C18H30N4O3. The van der Waals surface area contributed by atoms with E-state index in [2.05, 4.69) is 27.4 Å². The zero-order valence-corrected chi connectivity index (χ0v) is 15.9. The number of hydrogen-bond donors (Lipinski definition) is 2. The highest BCUT2D eigenvalue weighted by Gasteiger charge is 2.29. The lowest BCUT2D eigenvalue weighted by atomic mass is 9.82. The summed E-state index contributed by atoms with van der Waals surface area (Å²) in [6.07, 6.45) is 4.56. The van der Waals surface area contributed by atoms with E-state index < -0.39 is 11.6 Å². The van der Waals surface area contributed by atoms with Crippen molar-refractivity contribution in [3.63, 3.8) is 0 Å². The van der Waals surface area contributed by atoms with E-state index in [4.69, 9.17) is 4.74 Å². The van der Waals surface area contributed by atoms with Gasteiger partial charge < -0.3 is 15.0 Å². The lowest BCUT2D eigenvalue weighted by molar-refractivity contribution is -0.127. The summed E-state index contributed by atoms with van der Waals surface area (Å²) in [5.74, 6) is 1.10.